The van der Waals surface area contributed by atoms with E-state index in [-0.39, 0.29) is 18.0 Å². The Morgan fingerprint density at radius 2 is 2.08 bits per heavy atom. The summed E-state index contributed by atoms with van der Waals surface area (Å²) in [6.45, 7) is 6.50. The zero-order chi connectivity index (χ0) is 18.9. The van der Waals surface area contributed by atoms with E-state index in [1.165, 1.54) is 0 Å². The monoisotopic (exact) mass is 428 g/mol. The van der Waals surface area contributed by atoms with Crippen LogP contribution in [-0.4, -0.2) is 39.0 Å². The smallest absolute Gasteiger partial charge is 0.309 e. The van der Waals surface area contributed by atoms with Gasteiger partial charge in [0.25, 0.3) is 0 Å². The molecule has 1 aromatic carbocycles. The van der Waals surface area contributed by atoms with Gasteiger partial charge in [-0.3, -0.25) is 4.79 Å². The molecule has 1 fully saturated rings. The third kappa shape index (κ3) is 6.56. The quantitative estimate of drug-likeness (QED) is 0.387. The Morgan fingerprint density at radius 3 is 2.77 bits per heavy atom. The molecule has 0 saturated carbocycles. The molecule has 1 heterocycles. The molecule has 0 amide bonds. The lowest BCUT2D eigenvalue weighted by molar-refractivity contribution is -0.145. The van der Waals surface area contributed by atoms with Crippen molar-refractivity contribution in [2.75, 3.05) is 26.9 Å². The molecule has 0 radical (unpaired) electrons. The number of esters is 1. The predicted molar refractivity (Wildman–Crippen MR) is 103 cm³/mol. The van der Waals surface area contributed by atoms with Gasteiger partial charge in [0, 0.05) is 26.6 Å². The van der Waals surface area contributed by atoms with Gasteiger partial charge in [-0.25, -0.2) is 0 Å². The normalized spacial score (nSPS) is 19.8. The van der Waals surface area contributed by atoms with E-state index >= 15 is 0 Å². The average molecular weight is 429 g/mol. The molecule has 0 aliphatic carbocycles. The minimum absolute atomic E-state index is 0.0144. The van der Waals surface area contributed by atoms with Crippen molar-refractivity contribution in [3.8, 4) is 5.75 Å². The number of benzene rings is 1. The summed E-state index contributed by atoms with van der Waals surface area (Å²) in [5.41, 5.74) is 1.05. The minimum atomic E-state index is -0.0619. The van der Waals surface area contributed by atoms with Crippen molar-refractivity contribution < 1.29 is 23.7 Å². The van der Waals surface area contributed by atoms with Crippen LogP contribution in [0.1, 0.15) is 38.7 Å². The lowest BCUT2D eigenvalue weighted by Gasteiger charge is -2.12. The van der Waals surface area contributed by atoms with Crippen LogP contribution in [0.3, 0.4) is 0 Å². The molecule has 0 bridgehead atoms. The highest BCUT2D eigenvalue weighted by atomic mass is 79.9. The van der Waals surface area contributed by atoms with E-state index in [9.17, 15) is 4.79 Å². The molecular weight excluding hydrogens is 400 g/mol. The van der Waals surface area contributed by atoms with Crippen LogP contribution in [0.5, 0.6) is 5.75 Å². The van der Waals surface area contributed by atoms with E-state index in [1.807, 2.05) is 18.2 Å². The molecule has 146 valence electrons. The first-order valence-corrected chi connectivity index (χ1v) is 9.99. The number of halogens is 1. The molecule has 0 aromatic heterocycles. The van der Waals surface area contributed by atoms with E-state index in [1.54, 1.807) is 7.11 Å². The Kier molecular flexibility index (Phi) is 8.88. The number of cyclic esters (lactones) is 1. The van der Waals surface area contributed by atoms with Gasteiger partial charge in [0.2, 0.25) is 0 Å². The van der Waals surface area contributed by atoms with Crippen LogP contribution in [0.25, 0.3) is 0 Å². The van der Waals surface area contributed by atoms with Crippen LogP contribution in [0.2, 0.25) is 0 Å². The fourth-order valence-electron chi connectivity index (χ4n) is 2.94. The molecule has 1 aliphatic rings. The third-order valence-corrected chi connectivity index (χ3v) is 5.16. The highest BCUT2D eigenvalue weighted by Gasteiger charge is 2.35. The molecule has 5 nitrogen and oxygen atoms in total. The Balaban J connectivity index is 1.71. The van der Waals surface area contributed by atoms with Gasteiger partial charge >= 0.3 is 5.97 Å². The highest BCUT2D eigenvalue weighted by molar-refractivity contribution is 9.10. The zero-order valence-electron chi connectivity index (χ0n) is 15.8. The molecule has 1 unspecified atom stereocenters. The standard InChI is InChI=1S/C20H29BrO5/c1-14(2)17-12-16(26-20(17)22)7-10-24-13-15-5-6-18(21)19(11-15)25-9-4-8-23-3/h5-6,11,14,16-17H,4,7-10,12-13H2,1-3H3/t16?,17-/m0/s1. The summed E-state index contributed by atoms with van der Waals surface area (Å²) in [5, 5.41) is 0. The zero-order valence-corrected chi connectivity index (χ0v) is 17.4. The van der Waals surface area contributed by atoms with Crippen molar-refractivity contribution in [1.29, 1.82) is 0 Å². The minimum Gasteiger partial charge on any atom is -0.492 e. The summed E-state index contributed by atoms with van der Waals surface area (Å²) < 4.78 is 22.9. The van der Waals surface area contributed by atoms with Crippen molar-refractivity contribution in [3.63, 3.8) is 0 Å². The molecule has 0 N–H and O–H groups in total. The molecule has 6 heteroatoms. The summed E-state index contributed by atoms with van der Waals surface area (Å²) in [4.78, 5) is 11.8. The first kappa shape index (κ1) is 21.2. The van der Waals surface area contributed by atoms with Gasteiger partial charge in [0.1, 0.15) is 11.9 Å². The fraction of sp³-hybridized carbons (Fsp3) is 0.650. The van der Waals surface area contributed by atoms with Crippen LogP contribution >= 0.6 is 15.9 Å². The summed E-state index contributed by atoms with van der Waals surface area (Å²) in [6.07, 6.45) is 2.38. The maximum absolute atomic E-state index is 11.8. The largest absolute Gasteiger partial charge is 0.492 e. The van der Waals surface area contributed by atoms with E-state index in [0.717, 1.165) is 35.0 Å². The molecule has 1 saturated heterocycles. The van der Waals surface area contributed by atoms with Crippen molar-refractivity contribution >= 4 is 21.9 Å². The van der Waals surface area contributed by atoms with Crippen LogP contribution < -0.4 is 4.74 Å². The van der Waals surface area contributed by atoms with Crippen LogP contribution in [-0.2, 0) is 25.6 Å². The maximum Gasteiger partial charge on any atom is 0.309 e. The van der Waals surface area contributed by atoms with Gasteiger partial charge in [-0.1, -0.05) is 19.9 Å². The van der Waals surface area contributed by atoms with Gasteiger partial charge in [0.05, 0.1) is 30.2 Å². The summed E-state index contributed by atoms with van der Waals surface area (Å²) in [5.74, 6) is 1.11. The van der Waals surface area contributed by atoms with Crippen LogP contribution in [0, 0.1) is 11.8 Å². The molecule has 1 aromatic rings. The summed E-state index contributed by atoms with van der Waals surface area (Å²) >= 11 is 3.50. The second kappa shape index (κ2) is 10.9. The number of methoxy groups -OCH3 is 1. The van der Waals surface area contributed by atoms with Crippen molar-refractivity contribution in [2.45, 2.75) is 45.8 Å². The molecule has 2 atom stereocenters. The van der Waals surface area contributed by atoms with E-state index in [0.29, 0.717) is 32.3 Å². The number of rotatable bonds is 11. The maximum atomic E-state index is 11.8. The van der Waals surface area contributed by atoms with Gasteiger partial charge in [0.15, 0.2) is 0 Å². The molecule has 1 aliphatic heterocycles. The Bertz CT molecular complexity index is 575. The lowest BCUT2D eigenvalue weighted by atomic mass is 9.92. The molecular formula is C20H29BrO5. The van der Waals surface area contributed by atoms with E-state index in [2.05, 4.69) is 29.8 Å². The molecule has 0 spiro atoms. The number of carbonyl (C=O) groups excluding carboxylic acids is 1. The number of carbonyl (C=O) groups is 1. The Labute approximate surface area is 164 Å². The van der Waals surface area contributed by atoms with E-state index in [4.69, 9.17) is 18.9 Å². The van der Waals surface area contributed by atoms with Crippen LogP contribution in [0.4, 0.5) is 0 Å². The first-order chi connectivity index (χ1) is 12.5. The van der Waals surface area contributed by atoms with Crippen molar-refractivity contribution in [1.82, 2.24) is 0 Å². The average Bonchev–Trinajstić information content (AvgIpc) is 2.99. The van der Waals surface area contributed by atoms with E-state index < -0.39 is 0 Å². The highest BCUT2D eigenvalue weighted by Crippen LogP contribution is 2.29. The topological polar surface area (TPSA) is 54.0 Å². The fourth-order valence-corrected chi connectivity index (χ4v) is 3.30. The second-order valence-corrected chi connectivity index (χ2v) is 7.80. The number of ether oxygens (including phenoxy) is 4. The van der Waals surface area contributed by atoms with Crippen molar-refractivity contribution in [3.05, 3.63) is 28.2 Å². The van der Waals surface area contributed by atoms with Gasteiger partial charge < -0.3 is 18.9 Å². The predicted octanol–water partition coefficient (Wildman–Crippen LogP) is 4.36. The lowest BCUT2D eigenvalue weighted by Crippen LogP contribution is -2.13. The summed E-state index contributed by atoms with van der Waals surface area (Å²) in [7, 11) is 1.68. The third-order valence-electron chi connectivity index (χ3n) is 4.51. The van der Waals surface area contributed by atoms with Crippen LogP contribution in [0.15, 0.2) is 22.7 Å². The molecule has 2 rings (SSSR count). The SMILES string of the molecule is COCCCOc1cc(COCCC2C[C@@H](C(C)C)C(=O)O2)ccc1Br. The molecule has 26 heavy (non-hydrogen) atoms. The Morgan fingerprint density at radius 1 is 1.27 bits per heavy atom. The van der Waals surface area contributed by atoms with Crippen molar-refractivity contribution in [2.24, 2.45) is 11.8 Å². The van der Waals surface area contributed by atoms with Gasteiger partial charge in [-0.15, -0.1) is 0 Å². The first-order valence-electron chi connectivity index (χ1n) is 9.19. The van der Waals surface area contributed by atoms with Gasteiger partial charge in [-0.05, 0) is 46.0 Å². The number of hydrogen-bond donors (Lipinski definition) is 0. The summed E-state index contributed by atoms with van der Waals surface area (Å²) in [6, 6.07) is 5.97. The van der Waals surface area contributed by atoms with Gasteiger partial charge in [-0.2, -0.15) is 0 Å². The number of hydrogen-bond acceptors (Lipinski definition) is 5. The Hall–Kier alpha value is -1.11. The second-order valence-electron chi connectivity index (χ2n) is 6.95.